The minimum atomic E-state index is -0.699. The molecule has 0 aromatic rings. The summed E-state index contributed by atoms with van der Waals surface area (Å²) in [7, 11) is 3.87. The van der Waals surface area contributed by atoms with Crippen molar-refractivity contribution in [2.75, 3.05) is 33.7 Å². The van der Waals surface area contributed by atoms with Gasteiger partial charge in [-0.1, -0.05) is 13.8 Å². The smallest absolute Gasteiger partial charge is 0.245 e. The van der Waals surface area contributed by atoms with Crippen molar-refractivity contribution in [2.45, 2.75) is 64.1 Å². The molecular weight excluding hydrogens is 374 g/mol. The molecule has 0 aliphatic carbocycles. The topological polar surface area (TPSA) is 111 Å². The number of nitrogens with zero attached hydrogens (tertiary/aromatic N) is 2. The number of rotatable bonds is 9. The van der Waals surface area contributed by atoms with Crippen LogP contribution >= 0.6 is 0 Å². The zero-order valence-corrected chi connectivity index (χ0v) is 18.0. The minimum Gasteiger partial charge on any atom is -0.353 e. The number of carbonyl (C=O) groups is 4. The van der Waals surface area contributed by atoms with E-state index in [1.54, 1.807) is 4.90 Å². The van der Waals surface area contributed by atoms with E-state index < -0.39 is 18.1 Å². The second-order valence-corrected chi connectivity index (χ2v) is 8.63. The van der Waals surface area contributed by atoms with Gasteiger partial charge in [0.1, 0.15) is 18.1 Å². The molecule has 0 aromatic carbocycles. The van der Waals surface area contributed by atoms with Gasteiger partial charge in [0.05, 0.1) is 0 Å². The highest BCUT2D eigenvalue weighted by Crippen LogP contribution is 2.21. The van der Waals surface area contributed by atoms with Gasteiger partial charge in [0, 0.05) is 26.1 Å². The van der Waals surface area contributed by atoms with Gasteiger partial charge >= 0.3 is 0 Å². The summed E-state index contributed by atoms with van der Waals surface area (Å²) in [6, 6.07) is -1.79. The van der Waals surface area contributed by atoms with E-state index in [2.05, 4.69) is 16.0 Å². The molecule has 0 spiro atoms. The molecule has 9 nitrogen and oxygen atoms in total. The first-order chi connectivity index (χ1) is 13.7. The number of likely N-dealkylation sites (tertiary alicyclic amines) is 1. The zero-order valence-electron chi connectivity index (χ0n) is 18.0. The fourth-order valence-electron chi connectivity index (χ4n) is 3.80. The molecule has 164 valence electrons. The normalized spacial score (nSPS) is 22.7. The summed E-state index contributed by atoms with van der Waals surface area (Å²) in [5.74, 6) is -0.652. The van der Waals surface area contributed by atoms with Gasteiger partial charge in [-0.3, -0.25) is 19.2 Å². The van der Waals surface area contributed by atoms with Gasteiger partial charge in [0.25, 0.3) is 0 Å². The third-order valence-electron chi connectivity index (χ3n) is 5.33. The molecule has 0 aromatic heterocycles. The second kappa shape index (κ2) is 10.6. The predicted octanol–water partition coefficient (Wildman–Crippen LogP) is -0.535. The Hall–Kier alpha value is -2.16. The molecule has 0 saturated carbocycles. The zero-order chi connectivity index (χ0) is 21.6. The standard InChI is InChI=1S/C20H35N5O4/c1-13(2)12-15(23-18(27)14-7-8-17(26)22-14)20(29)25-10-5-6-16(25)19(28)21-9-11-24(3)4/h13-16H,5-12H2,1-4H3,(H,21,28)(H,22,26)(H,23,27)/t14-,15-,16-/m1/s1. The van der Waals surface area contributed by atoms with Gasteiger partial charge in [-0.05, 0) is 45.7 Å². The van der Waals surface area contributed by atoms with E-state index in [-0.39, 0.29) is 29.5 Å². The summed E-state index contributed by atoms with van der Waals surface area (Å²) in [4.78, 5) is 53.3. The van der Waals surface area contributed by atoms with Crippen LogP contribution in [0.25, 0.3) is 0 Å². The van der Waals surface area contributed by atoms with E-state index in [0.29, 0.717) is 38.8 Å². The Bertz CT molecular complexity index is 622. The van der Waals surface area contributed by atoms with Crippen LogP contribution in [0.3, 0.4) is 0 Å². The number of nitrogens with one attached hydrogen (secondary N) is 3. The van der Waals surface area contributed by atoms with E-state index in [1.807, 2.05) is 32.8 Å². The van der Waals surface area contributed by atoms with Gasteiger partial charge in [0.2, 0.25) is 23.6 Å². The van der Waals surface area contributed by atoms with Crippen LogP contribution in [0.4, 0.5) is 0 Å². The van der Waals surface area contributed by atoms with Crippen LogP contribution in [0.1, 0.15) is 46.0 Å². The second-order valence-electron chi connectivity index (χ2n) is 8.63. The Morgan fingerprint density at radius 2 is 1.93 bits per heavy atom. The largest absolute Gasteiger partial charge is 0.353 e. The highest BCUT2D eigenvalue weighted by Gasteiger charge is 2.38. The Balaban J connectivity index is 2.01. The molecule has 4 amide bonds. The highest BCUT2D eigenvalue weighted by molar-refractivity contribution is 5.95. The van der Waals surface area contributed by atoms with E-state index in [1.165, 1.54) is 0 Å². The molecule has 2 aliphatic rings. The Kier molecular flexibility index (Phi) is 8.43. The van der Waals surface area contributed by atoms with Crippen molar-refractivity contribution < 1.29 is 19.2 Å². The van der Waals surface area contributed by atoms with Crippen molar-refractivity contribution in [3.05, 3.63) is 0 Å². The number of amides is 4. The Morgan fingerprint density at radius 1 is 1.21 bits per heavy atom. The lowest BCUT2D eigenvalue weighted by Gasteiger charge is -2.30. The van der Waals surface area contributed by atoms with Crippen LogP contribution in [0, 0.1) is 5.92 Å². The summed E-state index contributed by atoms with van der Waals surface area (Å²) >= 11 is 0. The Morgan fingerprint density at radius 3 is 2.52 bits per heavy atom. The monoisotopic (exact) mass is 409 g/mol. The van der Waals surface area contributed by atoms with Crippen LogP contribution in [0.15, 0.2) is 0 Å². The van der Waals surface area contributed by atoms with Crippen LogP contribution in [0.5, 0.6) is 0 Å². The molecule has 3 N–H and O–H groups in total. The van der Waals surface area contributed by atoms with E-state index >= 15 is 0 Å². The lowest BCUT2D eigenvalue weighted by Crippen LogP contribution is -2.56. The molecule has 2 fully saturated rings. The molecule has 2 saturated heterocycles. The predicted molar refractivity (Wildman–Crippen MR) is 109 cm³/mol. The number of hydrogen-bond acceptors (Lipinski definition) is 5. The minimum absolute atomic E-state index is 0.143. The summed E-state index contributed by atoms with van der Waals surface area (Å²) in [5.41, 5.74) is 0. The van der Waals surface area contributed by atoms with Crippen LogP contribution < -0.4 is 16.0 Å². The summed E-state index contributed by atoms with van der Waals surface area (Å²) < 4.78 is 0. The molecule has 2 aliphatic heterocycles. The van der Waals surface area contributed by atoms with Crippen LogP contribution in [-0.2, 0) is 19.2 Å². The maximum atomic E-state index is 13.2. The molecule has 2 heterocycles. The van der Waals surface area contributed by atoms with Crippen LogP contribution in [0.2, 0.25) is 0 Å². The first-order valence-corrected chi connectivity index (χ1v) is 10.5. The number of carbonyl (C=O) groups excluding carboxylic acids is 4. The molecule has 0 unspecified atom stereocenters. The third-order valence-corrected chi connectivity index (χ3v) is 5.33. The first-order valence-electron chi connectivity index (χ1n) is 10.5. The summed E-state index contributed by atoms with van der Waals surface area (Å²) in [5, 5.41) is 8.36. The number of likely N-dealkylation sites (N-methyl/N-ethyl adjacent to an activating group) is 1. The van der Waals surface area contributed by atoms with Gasteiger partial charge in [-0.15, -0.1) is 0 Å². The van der Waals surface area contributed by atoms with Gasteiger partial charge in [-0.2, -0.15) is 0 Å². The fourth-order valence-corrected chi connectivity index (χ4v) is 3.80. The molecule has 2 rings (SSSR count). The van der Waals surface area contributed by atoms with Gasteiger partial charge in [-0.25, -0.2) is 0 Å². The van der Waals surface area contributed by atoms with E-state index in [9.17, 15) is 19.2 Å². The highest BCUT2D eigenvalue weighted by atomic mass is 16.2. The van der Waals surface area contributed by atoms with Crippen LogP contribution in [-0.4, -0.2) is 85.3 Å². The maximum absolute atomic E-state index is 13.2. The number of hydrogen-bond donors (Lipinski definition) is 3. The average Bonchev–Trinajstić information content (AvgIpc) is 3.28. The lowest BCUT2D eigenvalue weighted by molar-refractivity contribution is -0.142. The fraction of sp³-hybridized carbons (Fsp3) is 0.800. The lowest BCUT2D eigenvalue weighted by atomic mass is 10.0. The van der Waals surface area contributed by atoms with E-state index in [0.717, 1.165) is 13.0 Å². The SMILES string of the molecule is CC(C)C[C@@H](NC(=O)[C@H]1CCC(=O)N1)C(=O)N1CCC[C@@H]1C(=O)NCCN(C)C. The van der Waals surface area contributed by atoms with Gasteiger partial charge < -0.3 is 25.8 Å². The molecule has 29 heavy (non-hydrogen) atoms. The van der Waals surface area contributed by atoms with Crippen molar-refractivity contribution >= 4 is 23.6 Å². The molecular formula is C20H35N5O4. The molecule has 0 radical (unpaired) electrons. The van der Waals surface area contributed by atoms with Crippen molar-refractivity contribution in [2.24, 2.45) is 5.92 Å². The van der Waals surface area contributed by atoms with Crippen molar-refractivity contribution in [1.82, 2.24) is 25.8 Å². The molecule has 3 atom stereocenters. The van der Waals surface area contributed by atoms with Crippen molar-refractivity contribution in [3.63, 3.8) is 0 Å². The average molecular weight is 410 g/mol. The Labute approximate surface area is 172 Å². The summed E-state index contributed by atoms with van der Waals surface area (Å²) in [6.07, 6.45) is 2.63. The van der Waals surface area contributed by atoms with Crippen molar-refractivity contribution in [3.8, 4) is 0 Å². The van der Waals surface area contributed by atoms with Crippen molar-refractivity contribution in [1.29, 1.82) is 0 Å². The van der Waals surface area contributed by atoms with Gasteiger partial charge in [0.15, 0.2) is 0 Å². The summed E-state index contributed by atoms with van der Waals surface area (Å²) in [6.45, 7) is 5.73. The van der Waals surface area contributed by atoms with E-state index in [4.69, 9.17) is 0 Å². The maximum Gasteiger partial charge on any atom is 0.245 e. The molecule has 0 bridgehead atoms. The quantitative estimate of drug-likeness (QED) is 0.474. The third kappa shape index (κ3) is 6.69. The first kappa shape index (κ1) is 23.1. The molecule has 9 heteroatoms.